The van der Waals surface area contributed by atoms with Gasteiger partial charge in [0.25, 0.3) is 0 Å². The Labute approximate surface area is 130 Å². The monoisotopic (exact) mass is 287 g/mol. The molecule has 0 N–H and O–H groups in total. The van der Waals surface area contributed by atoms with Crippen molar-refractivity contribution >= 4 is 16.8 Å². The number of methoxy groups -OCH3 is 1. The van der Waals surface area contributed by atoms with E-state index in [0.717, 1.165) is 11.3 Å². The smallest absolute Gasteiger partial charge is 0.126 e. The van der Waals surface area contributed by atoms with Gasteiger partial charge in [0.1, 0.15) is 5.75 Å². The second-order valence-corrected chi connectivity index (χ2v) is 4.58. The second kappa shape index (κ2) is 7.66. The third-order valence-corrected chi connectivity index (χ3v) is 3.27. The number of fused-ring (bicyclic) bond motifs is 1. The van der Waals surface area contributed by atoms with Crippen molar-refractivity contribution in [3.63, 3.8) is 0 Å². The summed E-state index contributed by atoms with van der Waals surface area (Å²) in [6.45, 7) is 3.59. The van der Waals surface area contributed by atoms with Gasteiger partial charge in [0.15, 0.2) is 0 Å². The minimum Gasteiger partial charge on any atom is -0.496 e. The van der Waals surface area contributed by atoms with E-state index in [0.29, 0.717) is 5.56 Å². The van der Waals surface area contributed by atoms with Gasteiger partial charge in [0, 0.05) is 5.39 Å². The summed E-state index contributed by atoms with van der Waals surface area (Å²) < 4.78 is 5.23. The second-order valence-electron chi connectivity index (χ2n) is 4.58. The van der Waals surface area contributed by atoms with E-state index in [1.54, 1.807) is 19.3 Å². The van der Waals surface area contributed by atoms with E-state index in [4.69, 9.17) is 10.00 Å². The number of ether oxygens (including phenoxy) is 1. The summed E-state index contributed by atoms with van der Waals surface area (Å²) in [6.07, 6.45) is 1.68. The van der Waals surface area contributed by atoms with Gasteiger partial charge in [-0.3, -0.25) is 0 Å². The van der Waals surface area contributed by atoms with Crippen molar-refractivity contribution in [3.05, 3.63) is 84.4 Å². The lowest BCUT2D eigenvalue weighted by Gasteiger charge is -2.03. The molecule has 3 aromatic rings. The summed E-state index contributed by atoms with van der Waals surface area (Å²) in [5.74, 6) is 0.938. The summed E-state index contributed by atoms with van der Waals surface area (Å²) in [6, 6.07) is 23.7. The highest BCUT2D eigenvalue weighted by molar-refractivity contribution is 5.88. The molecule has 3 aromatic carbocycles. The van der Waals surface area contributed by atoms with Gasteiger partial charge in [-0.15, -0.1) is 0 Å². The van der Waals surface area contributed by atoms with Gasteiger partial charge < -0.3 is 4.74 Å². The van der Waals surface area contributed by atoms with Crippen LogP contribution in [0.3, 0.4) is 0 Å². The molecule has 0 atom stereocenters. The maximum absolute atomic E-state index is 8.55. The Kier molecular flexibility index (Phi) is 5.34. The summed E-state index contributed by atoms with van der Waals surface area (Å²) in [5.41, 5.74) is 1.57. The SMILES string of the molecule is C=Cc1ccccc1C#N.COc1cccc2ccccc12. The van der Waals surface area contributed by atoms with Gasteiger partial charge in [-0.1, -0.05) is 67.3 Å². The Morgan fingerprint density at radius 3 is 2.32 bits per heavy atom. The van der Waals surface area contributed by atoms with Crippen LogP contribution >= 0.6 is 0 Å². The molecule has 2 nitrogen and oxygen atoms in total. The van der Waals surface area contributed by atoms with E-state index >= 15 is 0 Å². The highest BCUT2D eigenvalue weighted by atomic mass is 16.5. The van der Waals surface area contributed by atoms with E-state index in [-0.39, 0.29) is 0 Å². The van der Waals surface area contributed by atoms with E-state index in [9.17, 15) is 0 Å². The third-order valence-electron chi connectivity index (χ3n) is 3.27. The van der Waals surface area contributed by atoms with E-state index in [1.807, 2.05) is 42.5 Å². The molecule has 0 aliphatic rings. The molecule has 0 saturated heterocycles. The normalized spacial score (nSPS) is 9.27. The zero-order valence-corrected chi connectivity index (χ0v) is 12.5. The maximum atomic E-state index is 8.55. The van der Waals surface area contributed by atoms with Crippen LogP contribution in [-0.4, -0.2) is 7.11 Å². The number of nitriles is 1. The molecule has 0 saturated carbocycles. The van der Waals surface area contributed by atoms with Crippen LogP contribution < -0.4 is 4.74 Å². The molecular weight excluding hydrogens is 270 g/mol. The van der Waals surface area contributed by atoms with Crippen molar-refractivity contribution in [2.24, 2.45) is 0 Å². The summed E-state index contributed by atoms with van der Waals surface area (Å²) in [4.78, 5) is 0. The van der Waals surface area contributed by atoms with E-state index < -0.39 is 0 Å². The molecular formula is C20H17NO. The highest BCUT2D eigenvalue weighted by Crippen LogP contribution is 2.24. The largest absolute Gasteiger partial charge is 0.496 e. The average Bonchev–Trinajstić information content (AvgIpc) is 2.61. The van der Waals surface area contributed by atoms with Gasteiger partial charge in [-0.05, 0) is 23.1 Å². The van der Waals surface area contributed by atoms with Crippen LogP contribution in [0, 0.1) is 11.3 Å². The topological polar surface area (TPSA) is 33.0 Å². The fraction of sp³-hybridized carbons (Fsp3) is 0.0500. The number of benzene rings is 3. The van der Waals surface area contributed by atoms with Crippen molar-refractivity contribution in [3.8, 4) is 11.8 Å². The molecule has 108 valence electrons. The highest BCUT2D eigenvalue weighted by Gasteiger charge is 1.97. The van der Waals surface area contributed by atoms with Gasteiger partial charge in [0.05, 0.1) is 18.7 Å². The molecule has 0 bridgehead atoms. The minimum atomic E-state index is 0.678. The first-order chi connectivity index (χ1) is 10.8. The zero-order chi connectivity index (χ0) is 15.8. The van der Waals surface area contributed by atoms with Crippen LogP contribution in [0.5, 0.6) is 5.75 Å². The first-order valence-electron chi connectivity index (χ1n) is 6.93. The first-order valence-corrected chi connectivity index (χ1v) is 6.93. The predicted molar refractivity (Wildman–Crippen MR) is 91.7 cm³/mol. The van der Waals surface area contributed by atoms with Crippen LogP contribution in [0.25, 0.3) is 16.8 Å². The molecule has 0 radical (unpaired) electrons. The number of hydrogen-bond donors (Lipinski definition) is 0. The van der Waals surface area contributed by atoms with E-state index in [1.165, 1.54) is 10.8 Å². The number of nitrogens with zero attached hydrogens (tertiary/aromatic N) is 1. The van der Waals surface area contributed by atoms with Crippen molar-refractivity contribution in [2.75, 3.05) is 7.11 Å². The van der Waals surface area contributed by atoms with Crippen molar-refractivity contribution in [1.82, 2.24) is 0 Å². The Balaban J connectivity index is 0.000000164. The first kappa shape index (κ1) is 15.3. The van der Waals surface area contributed by atoms with Crippen LogP contribution in [0.4, 0.5) is 0 Å². The summed E-state index contributed by atoms with van der Waals surface area (Å²) in [7, 11) is 1.70. The molecule has 0 unspecified atom stereocenters. The quantitative estimate of drug-likeness (QED) is 0.660. The summed E-state index contributed by atoms with van der Waals surface area (Å²) in [5, 5.41) is 10.9. The molecule has 22 heavy (non-hydrogen) atoms. The standard InChI is InChI=1S/C11H10O.C9H7N/c1-12-11-8-4-6-9-5-2-3-7-10(9)11;1-2-8-5-3-4-6-9(8)7-10/h2-8H,1H3;2-6H,1H2. The zero-order valence-electron chi connectivity index (χ0n) is 12.5. The fourth-order valence-electron chi connectivity index (χ4n) is 2.15. The lowest BCUT2D eigenvalue weighted by molar-refractivity contribution is 0.420. The van der Waals surface area contributed by atoms with Crippen LogP contribution in [0.2, 0.25) is 0 Å². The molecule has 0 spiro atoms. The van der Waals surface area contributed by atoms with Crippen LogP contribution in [-0.2, 0) is 0 Å². The van der Waals surface area contributed by atoms with Gasteiger partial charge in [0.2, 0.25) is 0 Å². The summed E-state index contributed by atoms with van der Waals surface area (Å²) >= 11 is 0. The molecule has 2 heteroatoms. The van der Waals surface area contributed by atoms with Crippen LogP contribution in [0.1, 0.15) is 11.1 Å². The maximum Gasteiger partial charge on any atom is 0.126 e. The average molecular weight is 287 g/mol. The Bertz CT molecular complexity index is 810. The van der Waals surface area contributed by atoms with Gasteiger partial charge in [-0.25, -0.2) is 0 Å². The number of rotatable bonds is 2. The van der Waals surface area contributed by atoms with Crippen LogP contribution in [0.15, 0.2) is 73.3 Å². The van der Waals surface area contributed by atoms with Gasteiger partial charge in [-0.2, -0.15) is 5.26 Å². The lowest BCUT2D eigenvalue weighted by Crippen LogP contribution is -1.83. The molecule has 0 heterocycles. The molecule has 0 amide bonds. The Morgan fingerprint density at radius 2 is 1.64 bits per heavy atom. The Morgan fingerprint density at radius 1 is 0.955 bits per heavy atom. The molecule has 0 fully saturated rings. The third kappa shape index (κ3) is 3.53. The molecule has 0 aliphatic heterocycles. The molecule has 3 rings (SSSR count). The van der Waals surface area contributed by atoms with E-state index in [2.05, 4.69) is 30.8 Å². The number of hydrogen-bond acceptors (Lipinski definition) is 2. The van der Waals surface area contributed by atoms with Crippen molar-refractivity contribution in [1.29, 1.82) is 5.26 Å². The fourth-order valence-corrected chi connectivity index (χ4v) is 2.15. The van der Waals surface area contributed by atoms with Gasteiger partial charge >= 0.3 is 0 Å². The molecule has 0 aliphatic carbocycles. The lowest BCUT2D eigenvalue weighted by atomic mass is 10.1. The predicted octanol–water partition coefficient (Wildman–Crippen LogP) is 5.05. The Hall–Kier alpha value is -3.05. The molecule has 0 aromatic heterocycles. The minimum absolute atomic E-state index is 0.678. The van der Waals surface area contributed by atoms with Crippen molar-refractivity contribution < 1.29 is 4.74 Å². The van der Waals surface area contributed by atoms with Crippen molar-refractivity contribution in [2.45, 2.75) is 0 Å².